The highest BCUT2D eigenvalue weighted by Gasteiger charge is 2.23. The molecular formula is C14H21N3O4. The summed E-state index contributed by atoms with van der Waals surface area (Å²) in [4.78, 5) is 22.7. The largest absolute Gasteiger partial charge is 0.478 e. The van der Waals surface area contributed by atoms with E-state index in [1.807, 2.05) is 0 Å². The number of nitrogens with two attached hydrogens (primary N) is 1. The zero-order valence-corrected chi connectivity index (χ0v) is 12.0. The molecule has 7 heteroatoms. The van der Waals surface area contributed by atoms with Gasteiger partial charge in [0.25, 0.3) is 0 Å². The number of carbonyl (C=O) groups is 2. The first-order chi connectivity index (χ1) is 9.97. The summed E-state index contributed by atoms with van der Waals surface area (Å²) in [5.74, 6) is -0.304. The molecule has 1 fully saturated rings. The highest BCUT2D eigenvalue weighted by Crippen LogP contribution is 2.17. The fraction of sp³-hybridized carbons (Fsp3) is 0.571. The molecule has 0 bridgehead atoms. The van der Waals surface area contributed by atoms with E-state index in [1.165, 1.54) is 6.07 Å². The van der Waals surface area contributed by atoms with Crippen molar-refractivity contribution in [1.29, 1.82) is 0 Å². The van der Waals surface area contributed by atoms with Crippen LogP contribution in [0.1, 0.15) is 47.6 Å². The zero-order chi connectivity index (χ0) is 15.4. The Labute approximate surface area is 122 Å². The molecule has 5 N–H and O–H groups in total. The molecule has 1 aromatic rings. The molecule has 0 aliphatic heterocycles. The molecule has 2 unspecified atom stereocenters. The fourth-order valence-corrected chi connectivity index (χ4v) is 2.57. The number of carboxylic acids is 1. The Morgan fingerprint density at radius 3 is 2.76 bits per heavy atom. The minimum atomic E-state index is -1.04. The van der Waals surface area contributed by atoms with E-state index in [0.717, 1.165) is 25.7 Å². The van der Waals surface area contributed by atoms with E-state index < -0.39 is 5.97 Å². The predicted octanol–water partition coefficient (Wildman–Crippen LogP) is 1.36. The number of aryl methyl sites for hydroxylation is 1. The van der Waals surface area contributed by atoms with Crippen LogP contribution in [0.3, 0.4) is 0 Å². The molecule has 2 amide bonds. The van der Waals surface area contributed by atoms with Crippen molar-refractivity contribution in [3.05, 3.63) is 23.2 Å². The van der Waals surface area contributed by atoms with E-state index in [2.05, 4.69) is 10.6 Å². The van der Waals surface area contributed by atoms with Gasteiger partial charge in [-0.05, 0) is 25.8 Å². The maximum absolute atomic E-state index is 11.8. The summed E-state index contributed by atoms with van der Waals surface area (Å²) in [5, 5.41) is 14.4. The molecule has 1 aliphatic carbocycles. The fourth-order valence-electron chi connectivity index (χ4n) is 2.57. The van der Waals surface area contributed by atoms with Crippen molar-refractivity contribution in [2.24, 2.45) is 5.73 Å². The van der Waals surface area contributed by atoms with Gasteiger partial charge in [0.1, 0.15) is 17.1 Å². The summed E-state index contributed by atoms with van der Waals surface area (Å²) in [7, 11) is 0. The molecule has 0 spiro atoms. The monoisotopic (exact) mass is 295 g/mol. The molecular weight excluding hydrogens is 274 g/mol. The minimum absolute atomic E-state index is 0.00558. The van der Waals surface area contributed by atoms with E-state index in [4.69, 9.17) is 15.3 Å². The summed E-state index contributed by atoms with van der Waals surface area (Å²) in [6.45, 7) is 1.72. The SMILES string of the molecule is Cc1oc(CNC(=O)NC2CCCCC2N)cc1C(=O)O. The van der Waals surface area contributed by atoms with Gasteiger partial charge in [-0.1, -0.05) is 12.8 Å². The number of rotatable bonds is 4. The minimum Gasteiger partial charge on any atom is -0.478 e. The lowest BCUT2D eigenvalue weighted by Gasteiger charge is -2.29. The number of amides is 2. The zero-order valence-electron chi connectivity index (χ0n) is 12.0. The van der Waals surface area contributed by atoms with E-state index >= 15 is 0 Å². The Bertz CT molecular complexity index is 526. The van der Waals surface area contributed by atoms with Crippen molar-refractivity contribution in [3.8, 4) is 0 Å². The second kappa shape index (κ2) is 6.62. The average molecular weight is 295 g/mol. The van der Waals surface area contributed by atoms with Crippen LogP contribution < -0.4 is 16.4 Å². The molecule has 1 aromatic heterocycles. The Morgan fingerprint density at radius 1 is 1.43 bits per heavy atom. The summed E-state index contributed by atoms with van der Waals surface area (Å²) < 4.78 is 5.29. The van der Waals surface area contributed by atoms with Crippen molar-refractivity contribution in [1.82, 2.24) is 10.6 Å². The van der Waals surface area contributed by atoms with Crippen LogP contribution in [-0.2, 0) is 6.54 Å². The van der Waals surface area contributed by atoms with Crippen LogP contribution in [0.25, 0.3) is 0 Å². The molecule has 1 saturated carbocycles. The molecule has 1 aliphatic rings. The molecule has 2 rings (SSSR count). The molecule has 2 atom stereocenters. The number of urea groups is 1. The highest BCUT2D eigenvalue weighted by atomic mass is 16.4. The molecule has 0 saturated heterocycles. The van der Waals surface area contributed by atoms with Crippen LogP contribution in [-0.4, -0.2) is 29.2 Å². The lowest BCUT2D eigenvalue weighted by molar-refractivity contribution is 0.0695. The standard InChI is InChI=1S/C14H21N3O4/c1-8-10(13(18)19)6-9(21-8)7-16-14(20)17-12-5-3-2-4-11(12)15/h6,11-12H,2-5,7,15H2,1H3,(H,18,19)(H2,16,17,20). The Balaban J connectivity index is 1.83. The van der Waals surface area contributed by atoms with Crippen molar-refractivity contribution < 1.29 is 19.1 Å². The van der Waals surface area contributed by atoms with E-state index in [1.54, 1.807) is 6.92 Å². The topological polar surface area (TPSA) is 118 Å². The van der Waals surface area contributed by atoms with Crippen LogP contribution in [0.4, 0.5) is 4.79 Å². The molecule has 0 radical (unpaired) electrons. The molecule has 116 valence electrons. The number of hydrogen-bond acceptors (Lipinski definition) is 4. The molecule has 7 nitrogen and oxygen atoms in total. The van der Waals surface area contributed by atoms with Crippen LogP contribution in [0, 0.1) is 6.92 Å². The van der Waals surface area contributed by atoms with Crippen molar-refractivity contribution in [2.75, 3.05) is 0 Å². The van der Waals surface area contributed by atoms with Gasteiger partial charge in [-0.3, -0.25) is 0 Å². The molecule has 0 aromatic carbocycles. The van der Waals surface area contributed by atoms with Crippen LogP contribution in [0.5, 0.6) is 0 Å². The Hall–Kier alpha value is -2.02. The highest BCUT2D eigenvalue weighted by molar-refractivity contribution is 5.88. The van der Waals surface area contributed by atoms with Gasteiger partial charge in [-0.15, -0.1) is 0 Å². The first kappa shape index (κ1) is 15.4. The maximum Gasteiger partial charge on any atom is 0.339 e. The summed E-state index contributed by atoms with van der Waals surface area (Å²) in [6, 6.07) is 1.09. The van der Waals surface area contributed by atoms with Crippen molar-refractivity contribution >= 4 is 12.0 Å². The second-order valence-corrected chi connectivity index (χ2v) is 5.37. The van der Waals surface area contributed by atoms with Gasteiger partial charge < -0.3 is 25.9 Å². The third-order valence-corrected chi connectivity index (χ3v) is 3.76. The average Bonchev–Trinajstić information content (AvgIpc) is 2.80. The maximum atomic E-state index is 11.8. The van der Waals surface area contributed by atoms with Gasteiger partial charge in [0, 0.05) is 12.1 Å². The Morgan fingerprint density at radius 2 is 2.14 bits per heavy atom. The number of carbonyl (C=O) groups excluding carboxylic acids is 1. The quantitative estimate of drug-likeness (QED) is 0.669. The number of carboxylic acid groups (broad SMARTS) is 1. The lowest BCUT2D eigenvalue weighted by Crippen LogP contribution is -2.51. The summed E-state index contributed by atoms with van der Waals surface area (Å²) in [6.07, 6.45) is 3.98. The molecule has 21 heavy (non-hydrogen) atoms. The van der Waals surface area contributed by atoms with Crippen LogP contribution >= 0.6 is 0 Å². The normalized spacial score (nSPS) is 21.8. The smallest absolute Gasteiger partial charge is 0.339 e. The van der Waals surface area contributed by atoms with Gasteiger partial charge in [-0.2, -0.15) is 0 Å². The van der Waals surface area contributed by atoms with Gasteiger partial charge in [0.05, 0.1) is 6.54 Å². The summed E-state index contributed by atoms with van der Waals surface area (Å²) in [5.41, 5.74) is 6.08. The number of aromatic carboxylic acids is 1. The Kier molecular flexibility index (Phi) is 4.85. The molecule has 1 heterocycles. The third kappa shape index (κ3) is 3.98. The lowest BCUT2D eigenvalue weighted by atomic mass is 9.91. The number of hydrogen-bond donors (Lipinski definition) is 4. The first-order valence-electron chi connectivity index (χ1n) is 7.10. The number of nitrogens with one attached hydrogen (secondary N) is 2. The van der Waals surface area contributed by atoms with E-state index in [0.29, 0.717) is 11.5 Å². The second-order valence-electron chi connectivity index (χ2n) is 5.37. The van der Waals surface area contributed by atoms with Crippen LogP contribution in [0.2, 0.25) is 0 Å². The van der Waals surface area contributed by atoms with Crippen molar-refractivity contribution in [2.45, 2.75) is 51.2 Å². The summed E-state index contributed by atoms with van der Waals surface area (Å²) >= 11 is 0. The van der Waals surface area contributed by atoms with Gasteiger partial charge in [0.15, 0.2) is 0 Å². The first-order valence-corrected chi connectivity index (χ1v) is 7.10. The van der Waals surface area contributed by atoms with Gasteiger partial charge in [0.2, 0.25) is 0 Å². The van der Waals surface area contributed by atoms with E-state index in [-0.39, 0.29) is 30.2 Å². The third-order valence-electron chi connectivity index (χ3n) is 3.76. The van der Waals surface area contributed by atoms with Gasteiger partial charge in [-0.25, -0.2) is 9.59 Å². The van der Waals surface area contributed by atoms with E-state index in [9.17, 15) is 9.59 Å². The van der Waals surface area contributed by atoms with Crippen LogP contribution in [0.15, 0.2) is 10.5 Å². The van der Waals surface area contributed by atoms with Crippen molar-refractivity contribution in [3.63, 3.8) is 0 Å². The van der Waals surface area contributed by atoms with Gasteiger partial charge >= 0.3 is 12.0 Å². The number of furan rings is 1. The predicted molar refractivity (Wildman–Crippen MR) is 76.0 cm³/mol.